The molecule has 0 bridgehead atoms. The van der Waals surface area contributed by atoms with E-state index in [1.165, 1.54) is 23.1 Å². The van der Waals surface area contributed by atoms with Crippen molar-refractivity contribution in [3.63, 3.8) is 0 Å². The number of phenols is 1. The Morgan fingerprint density at radius 3 is 2.32 bits per heavy atom. The molecule has 0 saturated heterocycles. The molecule has 0 fully saturated rings. The van der Waals surface area contributed by atoms with E-state index >= 15 is 0 Å². The second-order valence-corrected chi connectivity index (χ2v) is 6.25. The summed E-state index contributed by atoms with van der Waals surface area (Å²) in [6.45, 7) is 0. The molecule has 1 amide bonds. The second kappa shape index (κ2) is 7.25. The molecule has 0 unspecified atom stereocenters. The third-order valence-electron chi connectivity index (χ3n) is 4.10. The van der Waals surface area contributed by atoms with Crippen molar-refractivity contribution in [3.05, 3.63) is 74.0 Å². The van der Waals surface area contributed by atoms with Crippen LogP contribution in [0.25, 0.3) is 0 Å². The van der Waals surface area contributed by atoms with Gasteiger partial charge in [0.15, 0.2) is 5.75 Å². The van der Waals surface area contributed by atoms with Crippen LogP contribution in [0.1, 0.15) is 15.9 Å². The SMILES string of the molecule is CN(C)C(=O)c1cccc(Nc2c(Nc3cccc(C#N)c3)c(=O)c2=O)c1O. The van der Waals surface area contributed by atoms with E-state index in [9.17, 15) is 19.5 Å². The van der Waals surface area contributed by atoms with Crippen molar-refractivity contribution in [2.45, 2.75) is 0 Å². The van der Waals surface area contributed by atoms with Gasteiger partial charge in [-0.1, -0.05) is 12.1 Å². The smallest absolute Gasteiger partial charge is 0.257 e. The highest BCUT2D eigenvalue weighted by Gasteiger charge is 2.23. The molecular formula is C20H16N4O4. The number of carbonyl (C=O) groups excluding carboxylic acids is 1. The van der Waals surface area contributed by atoms with Crippen LogP contribution in [0.15, 0.2) is 52.1 Å². The maximum absolute atomic E-state index is 12.1. The summed E-state index contributed by atoms with van der Waals surface area (Å²) in [4.78, 5) is 37.4. The number of hydrogen-bond acceptors (Lipinski definition) is 7. The molecule has 3 aromatic carbocycles. The third-order valence-corrected chi connectivity index (χ3v) is 4.10. The molecule has 0 saturated carbocycles. The minimum Gasteiger partial charge on any atom is -0.505 e. The van der Waals surface area contributed by atoms with Gasteiger partial charge >= 0.3 is 0 Å². The van der Waals surface area contributed by atoms with Gasteiger partial charge in [0.2, 0.25) is 0 Å². The van der Waals surface area contributed by atoms with E-state index in [4.69, 9.17) is 5.26 Å². The lowest BCUT2D eigenvalue weighted by Crippen LogP contribution is -2.35. The predicted molar refractivity (Wildman–Crippen MR) is 105 cm³/mol. The van der Waals surface area contributed by atoms with Gasteiger partial charge in [-0.2, -0.15) is 5.26 Å². The fraction of sp³-hybridized carbons (Fsp3) is 0.100. The Balaban J connectivity index is 1.93. The Morgan fingerprint density at radius 1 is 1.04 bits per heavy atom. The van der Waals surface area contributed by atoms with Crippen molar-refractivity contribution in [2.24, 2.45) is 0 Å². The summed E-state index contributed by atoms with van der Waals surface area (Å²) >= 11 is 0. The Kier molecular flexibility index (Phi) is 4.83. The van der Waals surface area contributed by atoms with Crippen molar-refractivity contribution >= 4 is 28.7 Å². The van der Waals surface area contributed by atoms with Gasteiger partial charge in [-0.3, -0.25) is 14.4 Å². The summed E-state index contributed by atoms with van der Waals surface area (Å²) in [5.74, 6) is -0.732. The molecule has 3 rings (SSSR count). The predicted octanol–water partition coefficient (Wildman–Crippen LogP) is 2.05. The first-order valence-electron chi connectivity index (χ1n) is 8.24. The van der Waals surface area contributed by atoms with Gasteiger partial charge in [0.05, 0.1) is 22.9 Å². The molecule has 3 aromatic rings. The Hall–Kier alpha value is -4.12. The van der Waals surface area contributed by atoms with Crippen molar-refractivity contribution in [1.82, 2.24) is 4.90 Å². The number of nitrogens with zero attached hydrogens (tertiary/aromatic N) is 2. The number of para-hydroxylation sites is 1. The maximum atomic E-state index is 12.1. The molecule has 0 heterocycles. The summed E-state index contributed by atoms with van der Waals surface area (Å²) in [6.07, 6.45) is 0. The first-order chi connectivity index (χ1) is 13.3. The zero-order valence-electron chi connectivity index (χ0n) is 15.1. The molecule has 0 atom stereocenters. The average Bonchev–Trinajstić information content (AvgIpc) is 2.70. The largest absolute Gasteiger partial charge is 0.505 e. The van der Waals surface area contributed by atoms with Gasteiger partial charge in [-0.05, 0) is 30.3 Å². The lowest BCUT2D eigenvalue weighted by Gasteiger charge is -2.17. The molecule has 140 valence electrons. The highest BCUT2D eigenvalue weighted by molar-refractivity contribution is 5.99. The summed E-state index contributed by atoms with van der Waals surface area (Å²) in [7, 11) is 3.10. The van der Waals surface area contributed by atoms with Crippen molar-refractivity contribution < 1.29 is 9.90 Å². The topological polar surface area (TPSA) is 123 Å². The molecule has 8 heteroatoms. The van der Waals surface area contributed by atoms with Crippen LogP contribution in [0, 0.1) is 11.3 Å². The number of nitrogens with one attached hydrogen (secondary N) is 2. The van der Waals surface area contributed by atoms with Gasteiger partial charge in [-0.25, -0.2) is 0 Å². The number of anilines is 4. The number of rotatable bonds is 5. The van der Waals surface area contributed by atoms with Gasteiger partial charge in [0, 0.05) is 19.8 Å². The molecular weight excluding hydrogens is 360 g/mol. The minimum atomic E-state index is -0.748. The Morgan fingerprint density at radius 2 is 1.68 bits per heavy atom. The van der Waals surface area contributed by atoms with E-state index in [-0.39, 0.29) is 28.4 Å². The van der Waals surface area contributed by atoms with Crippen LogP contribution < -0.4 is 21.5 Å². The van der Waals surface area contributed by atoms with Crippen molar-refractivity contribution in [3.8, 4) is 11.8 Å². The van der Waals surface area contributed by atoms with Crippen molar-refractivity contribution in [1.29, 1.82) is 5.26 Å². The molecule has 0 aliphatic heterocycles. The Bertz CT molecular complexity index is 1180. The normalized spacial score (nSPS) is 10.3. The molecule has 0 radical (unpaired) electrons. The van der Waals surface area contributed by atoms with Crippen LogP contribution in [-0.2, 0) is 0 Å². The maximum Gasteiger partial charge on any atom is 0.257 e. The average molecular weight is 376 g/mol. The van der Waals surface area contributed by atoms with Crippen LogP contribution in [0.5, 0.6) is 5.75 Å². The fourth-order valence-corrected chi connectivity index (χ4v) is 2.63. The molecule has 0 spiro atoms. The van der Waals surface area contributed by atoms with Gasteiger partial charge in [-0.15, -0.1) is 0 Å². The summed E-state index contributed by atoms with van der Waals surface area (Å²) in [5, 5.41) is 24.9. The monoisotopic (exact) mass is 376 g/mol. The first kappa shape index (κ1) is 18.7. The third kappa shape index (κ3) is 3.29. The van der Waals surface area contributed by atoms with E-state index < -0.39 is 16.8 Å². The molecule has 0 aliphatic carbocycles. The zero-order valence-corrected chi connectivity index (χ0v) is 15.1. The summed E-state index contributed by atoms with van der Waals surface area (Å²) in [5.41, 5.74) is -0.437. The van der Waals surface area contributed by atoms with Crippen LogP contribution in [0.2, 0.25) is 0 Å². The Labute approximate surface area is 160 Å². The van der Waals surface area contributed by atoms with E-state index in [0.29, 0.717) is 11.3 Å². The zero-order chi connectivity index (χ0) is 20.4. The number of aromatic hydroxyl groups is 1. The van der Waals surface area contributed by atoms with Gasteiger partial charge in [0.25, 0.3) is 16.8 Å². The summed E-state index contributed by atoms with van der Waals surface area (Å²) in [6, 6.07) is 12.9. The van der Waals surface area contributed by atoms with Crippen molar-refractivity contribution in [2.75, 3.05) is 24.7 Å². The van der Waals surface area contributed by atoms with E-state index in [1.807, 2.05) is 6.07 Å². The number of phenolic OH excluding ortho intramolecular Hbond substituents is 1. The quantitative estimate of drug-likeness (QED) is 0.460. The van der Waals surface area contributed by atoms with Crippen LogP contribution >= 0.6 is 0 Å². The molecule has 0 aromatic heterocycles. The summed E-state index contributed by atoms with van der Waals surface area (Å²) < 4.78 is 0. The fourth-order valence-electron chi connectivity index (χ4n) is 2.63. The number of hydrogen-bond donors (Lipinski definition) is 3. The van der Waals surface area contributed by atoms with Crippen LogP contribution in [-0.4, -0.2) is 30.0 Å². The number of amides is 1. The highest BCUT2D eigenvalue weighted by atomic mass is 16.3. The second-order valence-electron chi connectivity index (χ2n) is 6.25. The molecule has 3 N–H and O–H groups in total. The number of carbonyl (C=O) groups is 1. The lowest BCUT2D eigenvalue weighted by molar-refractivity contribution is 0.0824. The van der Waals surface area contributed by atoms with E-state index in [0.717, 1.165) is 0 Å². The standard InChI is InChI=1S/C20H16N4O4/c1-24(2)20(28)13-7-4-8-14(17(13)25)23-16-15(18(26)19(16)27)22-12-6-3-5-11(9-12)10-21/h3-9,22-23,25H,1-2H3. The molecule has 28 heavy (non-hydrogen) atoms. The highest BCUT2D eigenvalue weighted by Crippen LogP contribution is 2.32. The number of nitriles is 1. The van der Waals surface area contributed by atoms with Gasteiger partial charge in [0.1, 0.15) is 11.4 Å². The van der Waals surface area contributed by atoms with Crippen LogP contribution in [0.4, 0.5) is 22.7 Å². The van der Waals surface area contributed by atoms with Crippen LogP contribution in [0.3, 0.4) is 0 Å². The lowest BCUT2D eigenvalue weighted by atomic mass is 10.1. The minimum absolute atomic E-state index is 0.0174. The molecule has 8 nitrogen and oxygen atoms in total. The van der Waals surface area contributed by atoms with E-state index in [1.54, 1.807) is 38.4 Å². The van der Waals surface area contributed by atoms with Gasteiger partial charge < -0.3 is 20.6 Å². The first-order valence-corrected chi connectivity index (χ1v) is 8.24. The molecule has 0 aliphatic rings. The van der Waals surface area contributed by atoms with E-state index in [2.05, 4.69) is 10.6 Å². The number of benzene rings is 2.